The number of fused-ring (bicyclic) bond motifs is 1. The first-order valence-electron chi connectivity index (χ1n) is 5.60. The van der Waals surface area contributed by atoms with Gasteiger partial charge in [0.15, 0.2) is 0 Å². The Bertz CT molecular complexity index is 651. The lowest BCUT2D eigenvalue weighted by atomic mass is 10.0. The summed E-state index contributed by atoms with van der Waals surface area (Å²) in [5.74, 6) is 5.64. The molecule has 4 nitrogen and oxygen atoms in total. The van der Waals surface area contributed by atoms with Crippen molar-refractivity contribution in [2.24, 2.45) is 5.84 Å². The van der Waals surface area contributed by atoms with Crippen molar-refractivity contribution in [1.29, 1.82) is 0 Å². The van der Waals surface area contributed by atoms with Gasteiger partial charge in [0.25, 0.3) is 0 Å². The predicted octanol–water partition coefficient (Wildman–Crippen LogP) is 2.24. The lowest BCUT2D eigenvalue weighted by Gasteiger charge is -2.14. The van der Waals surface area contributed by atoms with Crippen LogP contribution in [0.3, 0.4) is 0 Å². The topological polar surface area (TPSA) is 63.8 Å². The summed E-state index contributed by atoms with van der Waals surface area (Å²) in [7, 11) is 0. The summed E-state index contributed by atoms with van der Waals surface area (Å²) in [6, 6.07) is 14.5. The van der Waals surface area contributed by atoms with E-state index in [-0.39, 0.29) is 6.04 Å². The average Bonchev–Trinajstić information content (AvgIpc) is 2.93. The second-order valence-electron chi connectivity index (χ2n) is 4.03. The Labute approximate surface area is 109 Å². The van der Waals surface area contributed by atoms with Crippen LogP contribution in [0, 0.1) is 0 Å². The number of hydrogen-bond donors (Lipinski definition) is 2. The maximum absolute atomic E-state index is 5.64. The molecule has 0 bridgehead atoms. The van der Waals surface area contributed by atoms with E-state index in [1.165, 1.54) is 22.3 Å². The molecule has 3 rings (SSSR count). The first-order valence-corrected chi connectivity index (χ1v) is 6.38. The van der Waals surface area contributed by atoms with E-state index in [1.807, 2.05) is 12.1 Å². The molecule has 1 aromatic heterocycles. The lowest BCUT2D eigenvalue weighted by molar-refractivity contribution is 0.646. The molecule has 0 saturated carbocycles. The fraction of sp³-hybridized carbons (Fsp3) is 0.0769. The third-order valence-electron chi connectivity index (χ3n) is 2.94. The minimum atomic E-state index is -0.0605. The maximum atomic E-state index is 5.64. The number of nitrogens with two attached hydrogens (primary N) is 1. The average molecular weight is 256 g/mol. The summed E-state index contributed by atoms with van der Waals surface area (Å²) in [4.78, 5) is 1.01. The Kier molecular flexibility index (Phi) is 3.02. The van der Waals surface area contributed by atoms with Gasteiger partial charge in [-0.25, -0.2) is 5.43 Å². The molecule has 0 aliphatic heterocycles. The molecule has 2 aromatic carbocycles. The van der Waals surface area contributed by atoms with Crippen LogP contribution in [-0.4, -0.2) is 9.59 Å². The van der Waals surface area contributed by atoms with E-state index in [4.69, 9.17) is 5.84 Å². The standard InChI is InChI=1S/C13H12N4S/c14-16-13(12-8-15-17-18-12)11-6-5-9-3-1-2-4-10(9)7-11/h1-8,13,16H,14H2. The van der Waals surface area contributed by atoms with Crippen LogP contribution >= 0.6 is 11.5 Å². The Morgan fingerprint density at radius 1 is 1.11 bits per heavy atom. The molecule has 1 heterocycles. The van der Waals surface area contributed by atoms with Crippen molar-refractivity contribution in [3.63, 3.8) is 0 Å². The van der Waals surface area contributed by atoms with Crippen LogP contribution in [0.2, 0.25) is 0 Å². The number of aromatic nitrogens is 2. The quantitative estimate of drug-likeness (QED) is 0.557. The SMILES string of the molecule is NNC(c1ccc2ccccc2c1)c1cnns1. The van der Waals surface area contributed by atoms with E-state index in [2.05, 4.69) is 45.3 Å². The van der Waals surface area contributed by atoms with E-state index in [1.54, 1.807) is 6.20 Å². The van der Waals surface area contributed by atoms with Crippen LogP contribution in [0.4, 0.5) is 0 Å². The molecule has 5 heteroatoms. The number of hydrogen-bond acceptors (Lipinski definition) is 5. The molecule has 3 N–H and O–H groups in total. The Hall–Kier alpha value is -1.82. The second kappa shape index (κ2) is 4.81. The fourth-order valence-corrected chi connectivity index (χ4v) is 2.62. The lowest BCUT2D eigenvalue weighted by Crippen LogP contribution is -2.28. The molecular formula is C13H12N4S. The van der Waals surface area contributed by atoms with Crippen LogP contribution in [-0.2, 0) is 0 Å². The van der Waals surface area contributed by atoms with Crippen LogP contribution < -0.4 is 11.3 Å². The molecule has 0 aliphatic rings. The summed E-state index contributed by atoms with van der Waals surface area (Å²) in [5, 5.41) is 6.28. The minimum absolute atomic E-state index is 0.0605. The third-order valence-corrected chi connectivity index (χ3v) is 3.66. The van der Waals surface area contributed by atoms with Gasteiger partial charge in [-0.2, -0.15) is 0 Å². The molecule has 0 radical (unpaired) electrons. The van der Waals surface area contributed by atoms with E-state index < -0.39 is 0 Å². The highest BCUT2D eigenvalue weighted by molar-refractivity contribution is 7.05. The number of benzene rings is 2. The number of nitrogens with zero attached hydrogens (tertiary/aromatic N) is 2. The highest BCUT2D eigenvalue weighted by Crippen LogP contribution is 2.26. The molecule has 0 saturated heterocycles. The van der Waals surface area contributed by atoms with E-state index in [9.17, 15) is 0 Å². The molecule has 0 fully saturated rings. The summed E-state index contributed by atoms with van der Waals surface area (Å²) in [5.41, 5.74) is 3.93. The van der Waals surface area contributed by atoms with Gasteiger partial charge in [0.05, 0.1) is 17.1 Å². The summed E-state index contributed by atoms with van der Waals surface area (Å²) in [6.45, 7) is 0. The van der Waals surface area contributed by atoms with Crippen LogP contribution in [0.25, 0.3) is 10.8 Å². The fourth-order valence-electron chi connectivity index (χ4n) is 2.03. The first-order chi connectivity index (χ1) is 8.88. The number of rotatable bonds is 3. The van der Waals surface area contributed by atoms with Crippen molar-refractivity contribution in [2.75, 3.05) is 0 Å². The van der Waals surface area contributed by atoms with Gasteiger partial charge in [-0.3, -0.25) is 5.84 Å². The monoisotopic (exact) mass is 256 g/mol. The second-order valence-corrected chi connectivity index (χ2v) is 4.84. The predicted molar refractivity (Wildman–Crippen MR) is 73.0 cm³/mol. The highest BCUT2D eigenvalue weighted by Gasteiger charge is 2.14. The van der Waals surface area contributed by atoms with E-state index >= 15 is 0 Å². The van der Waals surface area contributed by atoms with Gasteiger partial charge in [0.2, 0.25) is 0 Å². The minimum Gasteiger partial charge on any atom is -0.271 e. The molecule has 1 unspecified atom stereocenters. The largest absolute Gasteiger partial charge is 0.271 e. The Balaban J connectivity index is 2.07. The normalized spacial score (nSPS) is 12.7. The van der Waals surface area contributed by atoms with E-state index in [0.717, 1.165) is 10.4 Å². The molecule has 0 spiro atoms. The van der Waals surface area contributed by atoms with Crippen LogP contribution in [0.1, 0.15) is 16.5 Å². The zero-order valence-electron chi connectivity index (χ0n) is 9.58. The molecular weight excluding hydrogens is 244 g/mol. The van der Waals surface area contributed by atoms with Gasteiger partial charge in [-0.15, -0.1) is 5.10 Å². The maximum Gasteiger partial charge on any atom is 0.0835 e. The van der Waals surface area contributed by atoms with E-state index in [0.29, 0.717) is 0 Å². The molecule has 0 aliphatic carbocycles. The summed E-state index contributed by atoms with van der Waals surface area (Å²) < 4.78 is 3.87. The van der Waals surface area contributed by atoms with Crippen molar-refractivity contribution in [2.45, 2.75) is 6.04 Å². The van der Waals surface area contributed by atoms with Gasteiger partial charge in [0, 0.05) is 0 Å². The molecule has 1 atom stereocenters. The number of hydrazine groups is 1. The zero-order valence-corrected chi connectivity index (χ0v) is 10.4. The van der Waals surface area contributed by atoms with Crippen LogP contribution in [0.15, 0.2) is 48.7 Å². The van der Waals surface area contributed by atoms with Gasteiger partial charge >= 0.3 is 0 Å². The van der Waals surface area contributed by atoms with Gasteiger partial charge in [-0.05, 0) is 33.9 Å². The molecule has 90 valence electrons. The van der Waals surface area contributed by atoms with Crippen molar-refractivity contribution < 1.29 is 0 Å². The van der Waals surface area contributed by atoms with Gasteiger partial charge < -0.3 is 0 Å². The van der Waals surface area contributed by atoms with Crippen molar-refractivity contribution >= 4 is 22.3 Å². The Morgan fingerprint density at radius 3 is 2.67 bits per heavy atom. The first kappa shape index (κ1) is 11.3. The molecule has 18 heavy (non-hydrogen) atoms. The number of nitrogens with one attached hydrogen (secondary N) is 1. The van der Waals surface area contributed by atoms with Crippen LogP contribution in [0.5, 0.6) is 0 Å². The Morgan fingerprint density at radius 2 is 1.94 bits per heavy atom. The van der Waals surface area contributed by atoms with Gasteiger partial charge in [-0.1, -0.05) is 40.9 Å². The van der Waals surface area contributed by atoms with Crippen molar-refractivity contribution in [3.8, 4) is 0 Å². The molecule has 0 amide bonds. The smallest absolute Gasteiger partial charge is 0.0835 e. The summed E-state index contributed by atoms with van der Waals surface area (Å²) in [6.07, 6.45) is 1.74. The van der Waals surface area contributed by atoms with Crippen molar-refractivity contribution in [1.82, 2.24) is 15.0 Å². The van der Waals surface area contributed by atoms with Crippen molar-refractivity contribution in [3.05, 3.63) is 59.1 Å². The highest BCUT2D eigenvalue weighted by atomic mass is 32.1. The van der Waals surface area contributed by atoms with Gasteiger partial charge in [0.1, 0.15) is 0 Å². The molecule has 3 aromatic rings. The summed E-state index contributed by atoms with van der Waals surface area (Å²) >= 11 is 1.35. The third kappa shape index (κ3) is 1.99. The zero-order chi connectivity index (χ0) is 12.4.